The van der Waals surface area contributed by atoms with Crippen LogP contribution in [0.4, 0.5) is 22.0 Å². The average Bonchev–Trinajstić information content (AvgIpc) is 2.04. The van der Waals surface area contributed by atoms with Crippen molar-refractivity contribution in [3.8, 4) is 11.5 Å². The molecule has 1 rings (SSSR count). The van der Waals surface area contributed by atoms with E-state index in [1.165, 1.54) is 0 Å². The highest BCUT2D eigenvalue weighted by Crippen LogP contribution is 2.35. The van der Waals surface area contributed by atoms with Crippen LogP contribution in [0.1, 0.15) is 0 Å². The van der Waals surface area contributed by atoms with Gasteiger partial charge in [0.15, 0.2) is 17.4 Å². The third-order valence-electron chi connectivity index (χ3n) is 1.25. The molecule has 2 nitrogen and oxygen atoms in total. The summed E-state index contributed by atoms with van der Waals surface area (Å²) >= 11 is 0. The maximum atomic E-state index is 12.6. The second kappa shape index (κ2) is 3.32. The molecule has 78 valence electrons. The van der Waals surface area contributed by atoms with Crippen LogP contribution < -0.4 is 4.74 Å². The van der Waals surface area contributed by atoms with Gasteiger partial charge in [0, 0.05) is 0 Å². The molecule has 0 heterocycles. The van der Waals surface area contributed by atoms with Gasteiger partial charge in [-0.05, 0) is 12.1 Å². The monoisotopic (exact) mass is 214 g/mol. The van der Waals surface area contributed by atoms with Crippen LogP contribution in [0.5, 0.6) is 11.5 Å². The molecule has 1 aromatic carbocycles. The van der Waals surface area contributed by atoms with Crippen LogP contribution >= 0.6 is 0 Å². The molecule has 0 saturated heterocycles. The molecular weight excluding hydrogens is 211 g/mol. The first-order valence-corrected chi connectivity index (χ1v) is 3.24. The Hall–Kier alpha value is -1.53. The fraction of sp³-hybridized carbons (Fsp3) is 0.143. The Morgan fingerprint density at radius 3 is 2.07 bits per heavy atom. The predicted molar refractivity (Wildman–Crippen MR) is 34.7 cm³/mol. The number of benzene rings is 1. The summed E-state index contributed by atoms with van der Waals surface area (Å²) in [5.41, 5.74) is 0. The topological polar surface area (TPSA) is 29.5 Å². The number of hydrogen-bond acceptors (Lipinski definition) is 2. The predicted octanol–water partition coefficient (Wildman–Crippen LogP) is 2.57. The van der Waals surface area contributed by atoms with Crippen LogP contribution in [-0.4, -0.2) is 11.5 Å². The summed E-state index contributed by atoms with van der Waals surface area (Å²) in [4.78, 5) is 0. The van der Waals surface area contributed by atoms with E-state index in [1.54, 1.807) is 0 Å². The van der Waals surface area contributed by atoms with E-state index in [-0.39, 0.29) is 0 Å². The van der Waals surface area contributed by atoms with E-state index in [1.807, 2.05) is 0 Å². The van der Waals surface area contributed by atoms with Gasteiger partial charge in [-0.2, -0.15) is 0 Å². The van der Waals surface area contributed by atoms with E-state index in [2.05, 4.69) is 4.74 Å². The molecular formula is C7H3F5O2. The molecule has 1 N–H and O–H groups in total. The number of alkyl halides is 3. The van der Waals surface area contributed by atoms with Gasteiger partial charge in [-0.1, -0.05) is 0 Å². The zero-order valence-corrected chi connectivity index (χ0v) is 6.40. The lowest BCUT2D eigenvalue weighted by molar-refractivity contribution is -0.276. The van der Waals surface area contributed by atoms with Crippen LogP contribution in [0.2, 0.25) is 0 Å². The molecule has 0 aliphatic carbocycles. The number of halogens is 5. The zero-order valence-electron chi connectivity index (χ0n) is 6.40. The molecule has 0 spiro atoms. The van der Waals surface area contributed by atoms with Gasteiger partial charge in [-0.25, -0.2) is 8.78 Å². The number of phenolic OH excluding ortho intramolecular Hbond substituents is 1. The average molecular weight is 214 g/mol. The van der Waals surface area contributed by atoms with Crippen molar-refractivity contribution in [3.63, 3.8) is 0 Å². The Kier molecular flexibility index (Phi) is 2.50. The van der Waals surface area contributed by atoms with Gasteiger partial charge >= 0.3 is 6.36 Å². The van der Waals surface area contributed by atoms with Gasteiger partial charge < -0.3 is 9.84 Å². The quantitative estimate of drug-likeness (QED) is 0.728. The van der Waals surface area contributed by atoms with Crippen LogP contribution in [-0.2, 0) is 0 Å². The highest BCUT2D eigenvalue weighted by atomic mass is 19.4. The maximum Gasteiger partial charge on any atom is 0.573 e. The lowest BCUT2D eigenvalue weighted by Crippen LogP contribution is -2.18. The summed E-state index contributed by atoms with van der Waals surface area (Å²) in [6.45, 7) is 0. The summed E-state index contributed by atoms with van der Waals surface area (Å²) in [5.74, 6) is -5.98. The first kappa shape index (κ1) is 10.6. The highest BCUT2D eigenvalue weighted by Gasteiger charge is 2.34. The molecule has 0 atom stereocenters. The molecule has 0 amide bonds. The number of ether oxygens (including phenoxy) is 1. The molecule has 0 fully saturated rings. The van der Waals surface area contributed by atoms with E-state index < -0.39 is 29.5 Å². The second-order valence-electron chi connectivity index (χ2n) is 2.25. The molecule has 0 saturated carbocycles. The van der Waals surface area contributed by atoms with Crippen molar-refractivity contribution >= 4 is 0 Å². The molecule has 0 aliphatic heterocycles. The van der Waals surface area contributed by atoms with E-state index >= 15 is 0 Å². The number of phenols is 1. The summed E-state index contributed by atoms with van der Waals surface area (Å²) in [6, 6.07) is 0.893. The van der Waals surface area contributed by atoms with Gasteiger partial charge in [0.2, 0.25) is 5.75 Å². The van der Waals surface area contributed by atoms with Crippen molar-refractivity contribution in [2.75, 3.05) is 0 Å². The standard InChI is InChI=1S/C7H3F5O2/c8-3-1-2-4(9)6(5(3)13)14-7(10,11)12/h1-2,13H. The number of rotatable bonds is 1. The summed E-state index contributed by atoms with van der Waals surface area (Å²) in [7, 11) is 0. The van der Waals surface area contributed by atoms with Crippen molar-refractivity contribution < 1.29 is 31.8 Å². The van der Waals surface area contributed by atoms with Crippen LogP contribution in [0.25, 0.3) is 0 Å². The first-order valence-electron chi connectivity index (χ1n) is 3.24. The van der Waals surface area contributed by atoms with Gasteiger partial charge in [0.25, 0.3) is 0 Å². The lowest BCUT2D eigenvalue weighted by atomic mass is 10.3. The SMILES string of the molecule is Oc1c(F)ccc(F)c1OC(F)(F)F. The maximum absolute atomic E-state index is 12.6. The lowest BCUT2D eigenvalue weighted by Gasteiger charge is -2.10. The molecule has 0 aliphatic rings. The highest BCUT2D eigenvalue weighted by molar-refractivity contribution is 5.40. The van der Waals surface area contributed by atoms with Crippen molar-refractivity contribution in [3.05, 3.63) is 23.8 Å². The fourth-order valence-corrected chi connectivity index (χ4v) is 0.735. The fourth-order valence-electron chi connectivity index (χ4n) is 0.735. The molecule has 1 aromatic rings. The molecule has 0 unspecified atom stereocenters. The normalized spacial score (nSPS) is 11.5. The van der Waals surface area contributed by atoms with Crippen molar-refractivity contribution in [1.82, 2.24) is 0 Å². The molecule has 0 radical (unpaired) electrons. The third kappa shape index (κ3) is 2.24. The van der Waals surface area contributed by atoms with Gasteiger partial charge in [-0.3, -0.25) is 0 Å². The molecule has 14 heavy (non-hydrogen) atoms. The third-order valence-corrected chi connectivity index (χ3v) is 1.25. The largest absolute Gasteiger partial charge is 0.573 e. The van der Waals surface area contributed by atoms with Gasteiger partial charge in [0.1, 0.15) is 0 Å². The number of aromatic hydroxyl groups is 1. The molecule has 7 heteroatoms. The summed E-state index contributed by atoms with van der Waals surface area (Å²) in [6.07, 6.45) is -5.19. The first-order chi connectivity index (χ1) is 6.31. The number of hydrogen-bond donors (Lipinski definition) is 1. The summed E-state index contributed by atoms with van der Waals surface area (Å²) < 4.78 is 63.0. The Labute approximate surface area is 74.5 Å². The van der Waals surface area contributed by atoms with E-state index in [4.69, 9.17) is 5.11 Å². The van der Waals surface area contributed by atoms with Crippen molar-refractivity contribution in [2.24, 2.45) is 0 Å². The molecule has 0 aromatic heterocycles. The second-order valence-corrected chi connectivity index (χ2v) is 2.25. The smallest absolute Gasteiger partial charge is 0.502 e. The van der Waals surface area contributed by atoms with Gasteiger partial charge in [-0.15, -0.1) is 13.2 Å². The van der Waals surface area contributed by atoms with E-state index in [0.29, 0.717) is 12.1 Å². The summed E-state index contributed by atoms with van der Waals surface area (Å²) in [5, 5.41) is 8.70. The van der Waals surface area contributed by atoms with Crippen molar-refractivity contribution in [1.29, 1.82) is 0 Å². The van der Waals surface area contributed by atoms with E-state index in [0.717, 1.165) is 0 Å². The minimum Gasteiger partial charge on any atom is -0.502 e. The Morgan fingerprint density at radius 2 is 1.57 bits per heavy atom. The Bertz CT molecular complexity index is 347. The zero-order chi connectivity index (χ0) is 10.9. The van der Waals surface area contributed by atoms with E-state index in [9.17, 15) is 22.0 Å². The Morgan fingerprint density at radius 1 is 1.07 bits per heavy atom. The van der Waals surface area contributed by atoms with Gasteiger partial charge in [0.05, 0.1) is 0 Å². The Balaban J connectivity index is 3.13. The molecule has 0 bridgehead atoms. The van der Waals surface area contributed by atoms with Crippen LogP contribution in [0.3, 0.4) is 0 Å². The minimum absolute atomic E-state index is 0.413. The minimum atomic E-state index is -5.19. The van der Waals surface area contributed by atoms with Crippen LogP contribution in [0.15, 0.2) is 12.1 Å². The van der Waals surface area contributed by atoms with Crippen molar-refractivity contribution in [2.45, 2.75) is 6.36 Å². The van der Waals surface area contributed by atoms with Crippen LogP contribution in [0, 0.1) is 11.6 Å².